The van der Waals surface area contributed by atoms with Crippen molar-refractivity contribution in [2.75, 3.05) is 12.5 Å². The van der Waals surface area contributed by atoms with Gasteiger partial charge >= 0.3 is 0 Å². The van der Waals surface area contributed by atoms with Crippen molar-refractivity contribution in [1.29, 1.82) is 0 Å². The standard InChI is InChI=1S/C8H16OS2/c1-7-5-4-6-8(7,10-2)11(3)9/h7H,4-6H2,1-3H3. The summed E-state index contributed by atoms with van der Waals surface area (Å²) in [7, 11) is -0.667. The van der Waals surface area contributed by atoms with E-state index in [4.69, 9.17) is 0 Å². The molecule has 0 aromatic rings. The van der Waals surface area contributed by atoms with Crippen molar-refractivity contribution in [2.24, 2.45) is 5.92 Å². The van der Waals surface area contributed by atoms with Gasteiger partial charge < -0.3 is 0 Å². The summed E-state index contributed by atoms with van der Waals surface area (Å²) in [5, 5.41) is 0. The van der Waals surface area contributed by atoms with Crippen LogP contribution < -0.4 is 0 Å². The van der Waals surface area contributed by atoms with Crippen LogP contribution in [0.1, 0.15) is 26.2 Å². The molecule has 3 heteroatoms. The molecule has 1 fully saturated rings. The topological polar surface area (TPSA) is 17.1 Å². The van der Waals surface area contributed by atoms with E-state index in [9.17, 15) is 4.21 Å². The third-order valence-corrected chi connectivity index (χ3v) is 6.83. The van der Waals surface area contributed by atoms with Gasteiger partial charge in [0.25, 0.3) is 0 Å². The van der Waals surface area contributed by atoms with E-state index in [1.54, 1.807) is 11.8 Å². The first-order chi connectivity index (χ1) is 5.13. The van der Waals surface area contributed by atoms with Crippen LogP contribution in [-0.4, -0.2) is 20.8 Å². The van der Waals surface area contributed by atoms with E-state index in [2.05, 4.69) is 13.2 Å². The van der Waals surface area contributed by atoms with Crippen LogP contribution in [0.3, 0.4) is 0 Å². The number of rotatable bonds is 2. The Morgan fingerprint density at radius 2 is 2.27 bits per heavy atom. The predicted molar refractivity (Wildman–Crippen MR) is 53.3 cm³/mol. The van der Waals surface area contributed by atoms with Crippen LogP contribution in [0.2, 0.25) is 0 Å². The first kappa shape index (κ1) is 9.59. The van der Waals surface area contributed by atoms with Crippen LogP contribution in [0.4, 0.5) is 0 Å². The van der Waals surface area contributed by atoms with Gasteiger partial charge in [0.1, 0.15) is 0 Å². The molecule has 11 heavy (non-hydrogen) atoms. The number of thioether (sulfide) groups is 1. The van der Waals surface area contributed by atoms with Crippen LogP contribution in [0.5, 0.6) is 0 Å². The van der Waals surface area contributed by atoms with Crippen LogP contribution in [0, 0.1) is 5.92 Å². The summed E-state index contributed by atoms with van der Waals surface area (Å²) in [4.78, 5) is 0. The van der Waals surface area contributed by atoms with Crippen molar-refractivity contribution < 1.29 is 4.21 Å². The SMILES string of the molecule is CSC1(S(C)=O)CCCC1C. The van der Waals surface area contributed by atoms with E-state index < -0.39 is 10.8 Å². The van der Waals surface area contributed by atoms with Gasteiger partial charge in [-0.1, -0.05) is 13.3 Å². The summed E-state index contributed by atoms with van der Waals surface area (Å²) in [5.74, 6) is 0.628. The normalized spacial score (nSPS) is 40.8. The predicted octanol–water partition coefficient (Wildman–Crippen LogP) is 2.24. The first-order valence-electron chi connectivity index (χ1n) is 4.02. The summed E-state index contributed by atoms with van der Waals surface area (Å²) in [6.07, 6.45) is 7.57. The Balaban J connectivity index is 2.82. The molecule has 0 aromatic heterocycles. The highest BCUT2D eigenvalue weighted by molar-refractivity contribution is 8.11. The lowest BCUT2D eigenvalue weighted by atomic mass is 10.1. The molecule has 0 amide bonds. The summed E-state index contributed by atoms with van der Waals surface area (Å²) in [6.45, 7) is 2.23. The van der Waals surface area contributed by atoms with E-state index in [0.717, 1.165) is 6.42 Å². The van der Waals surface area contributed by atoms with Crippen LogP contribution >= 0.6 is 11.8 Å². The fourth-order valence-electron chi connectivity index (χ4n) is 1.97. The van der Waals surface area contributed by atoms with Crippen molar-refractivity contribution >= 4 is 22.6 Å². The number of hydrogen-bond acceptors (Lipinski definition) is 2. The molecule has 3 atom stereocenters. The molecular weight excluding hydrogens is 176 g/mol. The zero-order valence-electron chi connectivity index (χ0n) is 7.42. The quantitative estimate of drug-likeness (QED) is 0.667. The van der Waals surface area contributed by atoms with Gasteiger partial charge in [0.2, 0.25) is 0 Å². The smallest absolute Gasteiger partial charge is 0.0928 e. The molecular formula is C8H16OS2. The highest BCUT2D eigenvalue weighted by atomic mass is 32.2. The zero-order valence-corrected chi connectivity index (χ0v) is 9.06. The van der Waals surface area contributed by atoms with Crippen LogP contribution in [0.25, 0.3) is 0 Å². The molecule has 66 valence electrons. The molecule has 1 rings (SSSR count). The van der Waals surface area contributed by atoms with E-state index >= 15 is 0 Å². The highest BCUT2D eigenvalue weighted by Crippen LogP contribution is 2.46. The van der Waals surface area contributed by atoms with E-state index in [0.29, 0.717) is 5.92 Å². The molecule has 3 unspecified atom stereocenters. The maximum atomic E-state index is 11.5. The minimum Gasteiger partial charge on any atom is -0.258 e. The van der Waals surface area contributed by atoms with Crippen molar-refractivity contribution in [2.45, 2.75) is 30.3 Å². The van der Waals surface area contributed by atoms with Gasteiger partial charge in [-0.15, -0.1) is 11.8 Å². The Hall–Kier alpha value is 0.500. The molecule has 1 aliphatic carbocycles. The van der Waals surface area contributed by atoms with Crippen LogP contribution in [0.15, 0.2) is 0 Å². The molecule has 1 nitrogen and oxygen atoms in total. The second-order valence-electron chi connectivity index (χ2n) is 3.26. The second-order valence-corrected chi connectivity index (χ2v) is 6.30. The van der Waals surface area contributed by atoms with E-state index in [1.807, 2.05) is 6.26 Å². The summed E-state index contributed by atoms with van der Waals surface area (Å²) < 4.78 is 11.6. The van der Waals surface area contributed by atoms with E-state index in [-0.39, 0.29) is 4.08 Å². The maximum Gasteiger partial charge on any atom is 0.0928 e. The van der Waals surface area contributed by atoms with Crippen molar-refractivity contribution in [1.82, 2.24) is 0 Å². The molecule has 0 radical (unpaired) electrons. The summed E-state index contributed by atoms with van der Waals surface area (Å²) >= 11 is 1.80. The van der Waals surface area contributed by atoms with Gasteiger partial charge in [0.15, 0.2) is 0 Å². The Labute approximate surface area is 75.8 Å². The van der Waals surface area contributed by atoms with E-state index in [1.165, 1.54) is 12.8 Å². The van der Waals surface area contributed by atoms with Gasteiger partial charge in [-0.05, 0) is 25.0 Å². The highest BCUT2D eigenvalue weighted by Gasteiger charge is 2.42. The first-order valence-corrected chi connectivity index (χ1v) is 6.80. The van der Waals surface area contributed by atoms with Crippen molar-refractivity contribution in [3.63, 3.8) is 0 Å². The Morgan fingerprint density at radius 3 is 2.45 bits per heavy atom. The molecule has 0 aliphatic heterocycles. The molecule has 0 bridgehead atoms. The lowest BCUT2D eigenvalue weighted by Crippen LogP contribution is -2.32. The molecule has 1 aliphatic rings. The van der Waals surface area contributed by atoms with Gasteiger partial charge in [0, 0.05) is 17.1 Å². The van der Waals surface area contributed by atoms with Gasteiger partial charge in [-0.25, -0.2) is 0 Å². The lowest BCUT2D eigenvalue weighted by Gasteiger charge is -2.29. The fraction of sp³-hybridized carbons (Fsp3) is 1.00. The molecule has 0 aromatic carbocycles. The minimum atomic E-state index is -0.667. The second kappa shape index (κ2) is 3.48. The zero-order chi connectivity index (χ0) is 8.48. The average Bonchev–Trinajstić information content (AvgIpc) is 2.32. The van der Waals surface area contributed by atoms with Gasteiger partial charge in [-0.2, -0.15) is 0 Å². The average molecular weight is 192 g/mol. The third kappa shape index (κ3) is 1.50. The lowest BCUT2D eigenvalue weighted by molar-refractivity contribution is 0.573. The fourth-order valence-corrected chi connectivity index (χ4v) is 4.89. The monoisotopic (exact) mass is 192 g/mol. The minimum absolute atomic E-state index is 0.0833. The van der Waals surface area contributed by atoms with Crippen molar-refractivity contribution in [3.8, 4) is 0 Å². The summed E-state index contributed by atoms with van der Waals surface area (Å²) in [6, 6.07) is 0. The number of hydrogen-bond donors (Lipinski definition) is 0. The molecule has 0 heterocycles. The molecule has 0 N–H and O–H groups in total. The third-order valence-electron chi connectivity index (χ3n) is 2.75. The van der Waals surface area contributed by atoms with Crippen molar-refractivity contribution in [3.05, 3.63) is 0 Å². The molecule has 0 saturated heterocycles. The summed E-state index contributed by atoms with van der Waals surface area (Å²) in [5.41, 5.74) is 0. The van der Waals surface area contributed by atoms with Gasteiger partial charge in [-0.3, -0.25) is 4.21 Å². The Morgan fingerprint density at radius 1 is 1.64 bits per heavy atom. The Kier molecular flexibility index (Phi) is 3.03. The largest absolute Gasteiger partial charge is 0.258 e. The van der Waals surface area contributed by atoms with Gasteiger partial charge in [0.05, 0.1) is 4.08 Å². The van der Waals surface area contributed by atoms with Crippen LogP contribution in [-0.2, 0) is 10.8 Å². The maximum absolute atomic E-state index is 11.5. The molecule has 0 spiro atoms. The molecule has 1 saturated carbocycles. The Bertz CT molecular complexity index is 169.